The number of rotatable bonds is 3. The molecule has 0 radical (unpaired) electrons. The molecule has 2 aliphatic carbocycles. The molecule has 0 aromatic carbocycles. The van der Waals surface area contributed by atoms with E-state index in [2.05, 4.69) is 12.2 Å². The van der Waals surface area contributed by atoms with Gasteiger partial charge < -0.3 is 4.74 Å². The molecule has 0 heterocycles. The fourth-order valence-corrected chi connectivity index (χ4v) is 2.92. The minimum Gasteiger partial charge on any atom is -0.460 e. The zero-order chi connectivity index (χ0) is 11.8. The molecule has 0 spiro atoms. The van der Waals surface area contributed by atoms with Gasteiger partial charge in [-0.3, -0.25) is 4.79 Å². The van der Waals surface area contributed by atoms with Crippen LogP contribution >= 0.6 is 0 Å². The van der Waals surface area contributed by atoms with Crippen molar-refractivity contribution in [2.45, 2.75) is 52.1 Å². The number of ether oxygens (including phenoxy) is 1. The average Bonchev–Trinajstić information content (AvgIpc) is 2.72. The van der Waals surface area contributed by atoms with Crippen molar-refractivity contribution in [3.63, 3.8) is 0 Å². The molecule has 0 aromatic rings. The molecular weight excluding hydrogens is 200 g/mol. The molecule has 3 atom stereocenters. The van der Waals surface area contributed by atoms with Crippen LogP contribution in [0.15, 0.2) is 12.2 Å². The van der Waals surface area contributed by atoms with Gasteiger partial charge in [0.2, 0.25) is 0 Å². The summed E-state index contributed by atoms with van der Waals surface area (Å²) < 4.78 is 5.32. The smallest absolute Gasteiger partial charge is 0.306 e. The lowest BCUT2D eigenvalue weighted by atomic mass is 9.89. The lowest BCUT2D eigenvalue weighted by Crippen LogP contribution is -2.24. The summed E-state index contributed by atoms with van der Waals surface area (Å²) in [4.78, 5) is 11.6. The Hall–Kier alpha value is -0.790. The standard InChI is InChI=1S/C14H22O2/c1-14(2,3)16-13(15)7-6-12-9-10-4-5-11(12)8-10/h4-5,10-12H,6-9H2,1-3H3. The molecule has 16 heavy (non-hydrogen) atoms. The maximum absolute atomic E-state index is 11.6. The van der Waals surface area contributed by atoms with E-state index < -0.39 is 0 Å². The molecule has 0 N–H and O–H groups in total. The normalized spacial score (nSPS) is 32.1. The zero-order valence-corrected chi connectivity index (χ0v) is 10.5. The molecule has 1 saturated carbocycles. The SMILES string of the molecule is CC(C)(C)OC(=O)CCC1CC2C=CC1C2. The van der Waals surface area contributed by atoms with Crippen molar-refractivity contribution in [2.75, 3.05) is 0 Å². The van der Waals surface area contributed by atoms with Crippen molar-refractivity contribution in [3.8, 4) is 0 Å². The number of hydrogen-bond acceptors (Lipinski definition) is 2. The third-order valence-corrected chi connectivity index (χ3v) is 3.56. The summed E-state index contributed by atoms with van der Waals surface area (Å²) in [6.07, 6.45) is 8.87. The monoisotopic (exact) mass is 222 g/mol. The number of carbonyl (C=O) groups is 1. The van der Waals surface area contributed by atoms with E-state index >= 15 is 0 Å². The van der Waals surface area contributed by atoms with Crippen molar-refractivity contribution in [3.05, 3.63) is 12.2 Å². The Morgan fingerprint density at radius 1 is 1.31 bits per heavy atom. The van der Waals surface area contributed by atoms with E-state index in [0.717, 1.165) is 24.2 Å². The van der Waals surface area contributed by atoms with Crippen LogP contribution in [0.5, 0.6) is 0 Å². The first-order valence-corrected chi connectivity index (χ1v) is 6.34. The molecule has 2 nitrogen and oxygen atoms in total. The molecule has 2 aliphatic rings. The molecule has 90 valence electrons. The fraction of sp³-hybridized carbons (Fsp3) is 0.786. The Morgan fingerprint density at radius 2 is 2.06 bits per heavy atom. The van der Waals surface area contributed by atoms with Gasteiger partial charge in [-0.1, -0.05) is 12.2 Å². The summed E-state index contributed by atoms with van der Waals surface area (Å²) in [7, 11) is 0. The van der Waals surface area contributed by atoms with E-state index in [4.69, 9.17) is 4.74 Å². The summed E-state index contributed by atoms with van der Waals surface area (Å²) in [6, 6.07) is 0. The fourth-order valence-electron chi connectivity index (χ4n) is 2.92. The van der Waals surface area contributed by atoms with Crippen molar-refractivity contribution >= 4 is 5.97 Å². The first-order chi connectivity index (χ1) is 7.44. The van der Waals surface area contributed by atoms with Gasteiger partial charge in [0.25, 0.3) is 0 Å². The van der Waals surface area contributed by atoms with Gasteiger partial charge in [-0.2, -0.15) is 0 Å². The molecule has 0 aromatic heterocycles. The molecular formula is C14H22O2. The van der Waals surface area contributed by atoms with E-state index in [1.807, 2.05) is 20.8 Å². The van der Waals surface area contributed by atoms with Crippen molar-refractivity contribution in [2.24, 2.45) is 17.8 Å². The van der Waals surface area contributed by atoms with E-state index in [1.165, 1.54) is 12.8 Å². The Balaban J connectivity index is 1.72. The summed E-state index contributed by atoms with van der Waals surface area (Å²) in [5.41, 5.74) is -0.342. The maximum atomic E-state index is 11.6. The average molecular weight is 222 g/mol. The topological polar surface area (TPSA) is 26.3 Å². The van der Waals surface area contributed by atoms with Gasteiger partial charge in [0.15, 0.2) is 0 Å². The highest BCUT2D eigenvalue weighted by atomic mass is 16.6. The number of carbonyl (C=O) groups excluding carboxylic acids is 1. The predicted molar refractivity (Wildman–Crippen MR) is 63.9 cm³/mol. The molecule has 1 fully saturated rings. The number of fused-ring (bicyclic) bond motifs is 2. The maximum Gasteiger partial charge on any atom is 0.306 e. The van der Waals surface area contributed by atoms with Crippen molar-refractivity contribution in [1.29, 1.82) is 0 Å². The molecule has 0 amide bonds. The lowest BCUT2D eigenvalue weighted by molar-refractivity contribution is -0.155. The van der Waals surface area contributed by atoms with E-state index in [9.17, 15) is 4.79 Å². The second-order valence-corrected chi connectivity index (χ2v) is 6.17. The van der Waals surface area contributed by atoms with Gasteiger partial charge in [-0.15, -0.1) is 0 Å². The molecule has 0 aliphatic heterocycles. The van der Waals surface area contributed by atoms with Gasteiger partial charge in [0, 0.05) is 6.42 Å². The minimum atomic E-state index is -0.342. The summed E-state index contributed by atoms with van der Waals surface area (Å²) in [5, 5.41) is 0. The summed E-state index contributed by atoms with van der Waals surface area (Å²) in [5.74, 6) is 2.22. The third-order valence-electron chi connectivity index (χ3n) is 3.56. The second kappa shape index (κ2) is 4.23. The number of hydrogen-bond donors (Lipinski definition) is 0. The predicted octanol–water partition coefficient (Wildman–Crippen LogP) is 3.32. The van der Waals surface area contributed by atoms with E-state index in [-0.39, 0.29) is 11.6 Å². The molecule has 2 bridgehead atoms. The van der Waals surface area contributed by atoms with Crippen LogP contribution < -0.4 is 0 Å². The van der Waals surface area contributed by atoms with Crippen LogP contribution in [0.1, 0.15) is 46.5 Å². The lowest BCUT2D eigenvalue weighted by Gasteiger charge is -2.21. The zero-order valence-electron chi connectivity index (χ0n) is 10.5. The van der Waals surface area contributed by atoms with E-state index in [0.29, 0.717) is 6.42 Å². The first-order valence-electron chi connectivity index (χ1n) is 6.34. The molecule has 3 unspecified atom stereocenters. The minimum absolute atomic E-state index is 0.0424. The van der Waals surface area contributed by atoms with Crippen LogP contribution in [0.25, 0.3) is 0 Å². The Labute approximate surface area is 98.1 Å². The van der Waals surface area contributed by atoms with Crippen LogP contribution in [0.2, 0.25) is 0 Å². The summed E-state index contributed by atoms with van der Waals surface area (Å²) in [6.45, 7) is 5.77. The van der Waals surface area contributed by atoms with Gasteiger partial charge in [-0.25, -0.2) is 0 Å². The van der Waals surface area contributed by atoms with Gasteiger partial charge in [0.05, 0.1) is 0 Å². The summed E-state index contributed by atoms with van der Waals surface area (Å²) >= 11 is 0. The largest absolute Gasteiger partial charge is 0.460 e. The Morgan fingerprint density at radius 3 is 2.56 bits per heavy atom. The first kappa shape index (κ1) is 11.7. The highest BCUT2D eigenvalue weighted by Crippen LogP contribution is 2.45. The van der Waals surface area contributed by atoms with Gasteiger partial charge in [0.1, 0.15) is 5.60 Å². The Kier molecular flexibility index (Phi) is 3.09. The quantitative estimate of drug-likeness (QED) is 0.541. The van der Waals surface area contributed by atoms with Gasteiger partial charge >= 0.3 is 5.97 Å². The van der Waals surface area contributed by atoms with Crippen molar-refractivity contribution < 1.29 is 9.53 Å². The highest BCUT2D eigenvalue weighted by Gasteiger charge is 2.35. The molecule has 0 saturated heterocycles. The molecule has 2 heteroatoms. The van der Waals surface area contributed by atoms with Crippen LogP contribution in [0.4, 0.5) is 0 Å². The van der Waals surface area contributed by atoms with Crippen LogP contribution in [-0.4, -0.2) is 11.6 Å². The van der Waals surface area contributed by atoms with Crippen molar-refractivity contribution in [1.82, 2.24) is 0 Å². The van der Waals surface area contributed by atoms with Crippen LogP contribution in [0, 0.1) is 17.8 Å². The van der Waals surface area contributed by atoms with Crippen LogP contribution in [-0.2, 0) is 9.53 Å². The number of allylic oxidation sites excluding steroid dienone is 2. The van der Waals surface area contributed by atoms with Gasteiger partial charge in [-0.05, 0) is 57.8 Å². The second-order valence-electron chi connectivity index (χ2n) is 6.17. The Bertz CT molecular complexity index is 298. The number of esters is 1. The van der Waals surface area contributed by atoms with E-state index in [1.54, 1.807) is 0 Å². The highest BCUT2D eigenvalue weighted by molar-refractivity contribution is 5.69. The third kappa shape index (κ3) is 2.87. The van der Waals surface area contributed by atoms with Crippen LogP contribution in [0.3, 0.4) is 0 Å². The molecule has 2 rings (SSSR count).